The minimum absolute atomic E-state index is 0.105. The Balaban J connectivity index is 1.35. The first-order valence-electron chi connectivity index (χ1n) is 8.76. The van der Waals surface area contributed by atoms with Crippen molar-refractivity contribution in [2.45, 2.75) is 13.5 Å². The van der Waals surface area contributed by atoms with Gasteiger partial charge in [-0.1, -0.05) is 12.1 Å². The van der Waals surface area contributed by atoms with Crippen molar-refractivity contribution in [2.75, 3.05) is 33.0 Å². The van der Waals surface area contributed by atoms with Crippen LogP contribution in [0.2, 0.25) is 0 Å². The molecule has 2 heterocycles. The maximum absolute atomic E-state index is 13.7. The number of fused-ring (bicyclic) bond motifs is 1. The summed E-state index contributed by atoms with van der Waals surface area (Å²) in [6.45, 7) is 5.62. The van der Waals surface area contributed by atoms with Crippen molar-refractivity contribution < 1.29 is 18.7 Å². The van der Waals surface area contributed by atoms with Gasteiger partial charge in [0.25, 0.3) is 5.91 Å². The van der Waals surface area contributed by atoms with E-state index < -0.39 is 0 Å². The second-order valence-electron chi connectivity index (χ2n) is 6.72. The van der Waals surface area contributed by atoms with Crippen molar-refractivity contribution in [3.63, 3.8) is 0 Å². The number of nitrogens with zero attached hydrogens (tertiary/aromatic N) is 2. The Morgan fingerprint density at radius 2 is 1.81 bits per heavy atom. The molecule has 5 nitrogen and oxygen atoms in total. The Labute approximate surface area is 151 Å². The zero-order chi connectivity index (χ0) is 18.1. The van der Waals surface area contributed by atoms with Gasteiger partial charge < -0.3 is 14.4 Å². The molecule has 0 atom stereocenters. The normalized spacial score (nSPS) is 16.8. The molecule has 0 unspecified atom stereocenters. The Hall–Kier alpha value is -2.60. The van der Waals surface area contributed by atoms with Gasteiger partial charge in [0.2, 0.25) is 6.79 Å². The SMILES string of the molecule is Cc1ccc(C(=O)N2CCN(Cc3ccc4c(c3)OCO4)CC2)cc1F. The number of piperazine rings is 1. The highest BCUT2D eigenvalue weighted by Gasteiger charge is 2.23. The minimum atomic E-state index is -0.336. The van der Waals surface area contributed by atoms with Crippen LogP contribution in [0.3, 0.4) is 0 Å². The van der Waals surface area contributed by atoms with E-state index in [2.05, 4.69) is 4.90 Å². The molecule has 2 aliphatic heterocycles. The molecular weight excluding hydrogens is 335 g/mol. The van der Waals surface area contributed by atoms with Crippen LogP contribution in [0.1, 0.15) is 21.5 Å². The quantitative estimate of drug-likeness (QED) is 0.848. The second-order valence-corrected chi connectivity index (χ2v) is 6.72. The fourth-order valence-electron chi connectivity index (χ4n) is 3.32. The van der Waals surface area contributed by atoms with Crippen LogP contribution in [0, 0.1) is 12.7 Å². The van der Waals surface area contributed by atoms with Crippen LogP contribution >= 0.6 is 0 Å². The standard InChI is InChI=1S/C20H21FN2O3/c1-14-2-4-16(11-17(14)21)20(24)23-8-6-22(7-9-23)12-15-3-5-18-19(10-15)26-13-25-18/h2-5,10-11H,6-9,12-13H2,1H3. The van der Waals surface area contributed by atoms with Gasteiger partial charge in [0, 0.05) is 38.3 Å². The van der Waals surface area contributed by atoms with Crippen LogP contribution in [-0.4, -0.2) is 48.7 Å². The predicted molar refractivity (Wildman–Crippen MR) is 94.9 cm³/mol. The van der Waals surface area contributed by atoms with Gasteiger partial charge in [-0.25, -0.2) is 4.39 Å². The Bertz CT molecular complexity index is 832. The van der Waals surface area contributed by atoms with Crippen LogP contribution < -0.4 is 9.47 Å². The first kappa shape index (κ1) is 16.8. The van der Waals surface area contributed by atoms with Crippen LogP contribution in [0.25, 0.3) is 0 Å². The average molecular weight is 356 g/mol. The third kappa shape index (κ3) is 3.37. The largest absolute Gasteiger partial charge is 0.454 e. The lowest BCUT2D eigenvalue weighted by atomic mass is 10.1. The van der Waals surface area contributed by atoms with E-state index in [0.29, 0.717) is 24.2 Å². The number of halogens is 1. The molecule has 1 amide bonds. The molecule has 2 aromatic rings. The van der Waals surface area contributed by atoms with Crippen molar-refractivity contribution in [2.24, 2.45) is 0 Å². The first-order valence-corrected chi connectivity index (χ1v) is 8.76. The van der Waals surface area contributed by atoms with Gasteiger partial charge >= 0.3 is 0 Å². The van der Waals surface area contributed by atoms with E-state index in [-0.39, 0.29) is 18.5 Å². The summed E-state index contributed by atoms with van der Waals surface area (Å²) in [6, 6.07) is 10.7. The van der Waals surface area contributed by atoms with Gasteiger partial charge in [-0.2, -0.15) is 0 Å². The molecule has 26 heavy (non-hydrogen) atoms. The van der Waals surface area contributed by atoms with E-state index in [0.717, 1.165) is 36.7 Å². The van der Waals surface area contributed by atoms with Crippen LogP contribution in [0.15, 0.2) is 36.4 Å². The number of ether oxygens (including phenoxy) is 2. The lowest BCUT2D eigenvalue weighted by molar-refractivity contribution is 0.0628. The molecule has 1 fully saturated rings. The zero-order valence-electron chi connectivity index (χ0n) is 14.7. The minimum Gasteiger partial charge on any atom is -0.454 e. The lowest BCUT2D eigenvalue weighted by Crippen LogP contribution is -2.48. The Morgan fingerprint density at radius 1 is 1.04 bits per heavy atom. The Morgan fingerprint density at radius 3 is 2.58 bits per heavy atom. The van der Waals surface area contributed by atoms with Crippen molar-refractivity contribution in [3.05, 3.63) is 58.9 Å². The van der Waals surface area contributed by atoms with E-state index >= 15 is 0 Å². The molecule has 2 aliphatic rings. The highest BCUT2D eigenvalue weighted by atomic mass is 19.1. The van der Waals surface area contributed by atoms with E-state index in [1.807, 2.05) is 18.2 Å². The van der Waals surface area contributed by atoms with E-state index in [4.69, 9.17) is 9.47 Å². The third-order valence-corrected chi connectivity index (χ3v) is 4.92. The lowest BCUT2D eigenvalue weighted by Gasteiger charge is -2.34. The second kappa shape index (κ2) is 6.96. The molecule has 4 rings (SSSR count). The van der Waals surface area contributed by atoms with Gasteiger partial charge in [0.15, 0.2) is 11.5 Å². The van der Waals surface area contributed by atoms with Crippen LogP contribution in [-0.2, 0) is 6.54 Å². The van der Waals surface area contributed by atoms with Crippen molar-refractivity contribution in [3.8, 4) is 11.5 Å². The van der Waals surface area contributed by atoms with Gasteiger partial charge in [0.1, 0.15) is 5.82 Å². The number of carbonyl (C=O) groups excluding carboxylic acids is 1. The molecular formula is C20H21FN2O3. The molecule has 0 aromatic heterocycles. The van der Waals surface area contributed by atoms with E-state index in [9.17, 15) is 9.18 Å². The number of carbonyl (C=O) groups is 1. The summed E-state index contributed by atoms with van der Waals surface area (Å²) in [6.07, 6.45) is 0. The maximum atomic E-state index is 13.7. The topological polar surface area (TPSA) is 42.0 Å². The summed E-state index contributed by atoms with van der Waals surface area (Å²) in [5.41, 5.74) is 2.13. The van der Waals surface area contributed by atoms with Gasteiger partial charge in [-0.3, -0.25) is 9.69 Å². The highest BCUT2D eigenvalue weighted by molar-refractivity contribution is 5.94. The van der Waals surface area contributed by atoms with Gasteiger partial charge in [-0.15, -0.1) is 0 Å². The molecule has 0 bridgehead atoms. The summed E-state index contributed by atoms with van der Waals surface area (Å²) >= 11 is 0. The number of rotatable bonds is 3. The number of amides is 1. The van der Waals surface area contributed by atoms with Crippen molar-refractivity contribution in [1.82, 2.24) is 9.80 Å². The summed E-state index contributed by atoms with van der Waals surface area (Å²) in [4.78, 5) is 16.7. The zero-order valence-corrected chi connectivity index (χ0v) is 14.7. The molecule has 0 radical (unpaired) electrons. The smallest absolute Gasteiger partial charge is 0.254 e. The van der Waals surface area contributed by atoms with Crippen molar-refractivity contribution in [1.29, 1.82) is 0 Å². The molecule has 6 heteroatoms. The summed E-state index contributed by atoms with van der Waals surface area (Å²) in [5, 5.41) is 0. The van der Waals surface area contributed by atoms with Crippen LogP contribution in [0.5, 0.6) is 11.5 Å². The highest BCUT2D eigenvalue weighted by Crippen LogP contribution is 2.32. The predicted octanol–water partition coefficient (Wildman–Crippen LogP) is 2.82. The third-order valence-electron chi connectivity index (χ3n) is 4.92. The van der Waals surface area contributed by atoms with Gasteiger partial charge in [0.05, 0.1) is 0 Å². The molecule has 1 saturated heterocycles. The van der Waals surface area contributed by atoms with E-state index in [1.54, 1.807) is 24.0 Å². The monoisotopic (exact) mass is 356 g/mol. The molecule has 0 spiro atoms. The Kier molecular flexibility index (Phi) is 4.51. The molecule has 2 aromatic carbocycles. The molecule has 136 valence electrons. The first-order chi connectivity index (χ1) is 12.6. The fraction of sp³-hybridized carbons (Fsp3) is 0.350. The average Bonchev–Trinajstić information content (AvgIpc) is 3.12. The molecule has 0 saturated carbocycles. The summed E-state index contributed by atoms with van der Waals surface area (Å²) < 4.78 is 24.5. The van der Waals surface area contributed by atoms with Crippen LogP contribution in [0.4, 0.5) is 4.39 Å². The fourth-order valence-corrected chi connectivity index (χ4v) is 3.32. The number of hydrogen-bond acceptors (Lipinski definition) is 4. The summed E-state index contributed by atoms with van der Waals surface area (Å²) in [5.74, 6) is 1.14. The summed E-state index contributed by atoms with van der Waals surface area (Å²) in [7, 11) is 0. The van der Waals surface area contributed by atoms with Crippen molar-refractivity contribution >= 4 is 5.91 Å². The number of benzene rings is 2. The molecule has 0 aliphatic carbocycles. The number of hydrogen-bond donors (Lipinski definition) is 0. The molecule has 0 N–H and O–H groups in total. The maximum Gasteiger partial charge on any atom is 0.254 e. The number of aryl methyl sites for hydroxylation is 1. The van der Waals surface area contributed by atoms with Gasteiger partial charge in [-0.05, 0) is 42.3 Å². The van der Waals surface area contributed by atoms with E-state index in [1.165, 1.54) is 6.07 Å².